The Kier molecular flexibility index (Phi) is 7.48. The number of esters is 1. The van der Waals surface area contributed by atoms with Crippen LogP contribution in [-0.2, 0) is 4.74 Å². The Balaban J connectivity index is 2.69. The third-order valence-electron chi connectivity index (χ3n) is 2.80. The van der Waals surface area contributed by atoms with Crippen LogP contribution in [0.15, 0.2) is 6.20 Å². The number of anilines is 1. The van der Waals surface area contributed by atoms with Crippen LogP contribution in [0.3, 0.4) is 0 Å². The predicted octanol–water partition coefficient (Wildman–Crippen LogP) is 3.73. The second-order valence-corrected chi connectivity index (χ2v) is 5.43. The SMILES string of the molecule is CCCCN(CCCC)c1ncc(C(=O)OCC)s1. The van der Waals surface area contributed by atoms with Gasteiger partial charge in [0.05, 0.1) is 12.8 Å². The summed E-state index contributed by atoms with van der Waals surface area (Å²) >= 11 is 1.43. The van der Waals surface area contributed by atoms with Crippen LogP contribution in [0.25, 0.3) is 0 Å². The summed E-state index contributed by atoms with van der Waals surface area (Å²) in [6, 6.07) is 0. The highest BCUT2D eigenvalue weighted by molar-refractivity contribution is 7.17. The summed E-state index contributed by atoms with van der Waals surface area (Å²) in [4.78, 5) is 18.9. The molecule has 4 nitrogen and oxygen atoms in total. The zero-order chi connectivity index (χ0) is 14.1. The van der Waals surface area contributed by atoms with Gasteiger partial charge in [0.25, 0.3) is 0 Å². The van der Waals surface area contributed by atoms with E-state index in [-0.39, 0.29) is 5.97 Å². The zero-order valence-corrected chi connectivity index (χ0v) is 13.0. The molecule has 0 fully saturated rings. The molecule has 1 heterocycles. The highest BCUT2D eigenvalue weighted by Crippen LogP contribution is 2.24. The number of unbranched alkanes of at least 4 members (excludes halogenated alkanes) is 2. The largest absolute Gasteiger partial charge is 0.462 e. The van der Waals surface area contributed by atoms with E-state index in [1.54, 1.807) is 6.20 Å². The summed E-state index contributed by atoms with van der Waals surface area (Å²) in [5, 5.41) is 0.935. The van der Waals surface area contributed by atoms with Crippen LogP contribution >= 0.6 is 11.3 Å². The molecule has 0 unspecified atom stereocenters. The second-order valence-electron chi connectivity index (χ2n) is 4.42. The predicted molar refractivity (Wildman–Crippen MR) is 80.1 cm³/mol. The average molecular weight is 284 g/mol. The molecule has 0 aromatic carbocycles. The first-order chi connectivity index (χ1) is 9.22. The molecule has 0 atom stereocenters. The van der Waals surface area contributed by atoms with Gasteiger partial charge >= 0.3 is 5.97 Å². The van der Waals surface area contributed by atoms with Crippen molar-refractivity contribution in [3.8, 4) is 0 Å². The van der Waals surface area contributed by atoms with E-state index in [1.165, 1.54) is 24.2 Å². The first kappa shape index (κ1) is 16.0. The molecule has 0 aliphatic heterocycles. The summed E-state index contributed by atoms with van der Waals surface area (Å²) in [5.74, 6) is -0.266. The fourth-order valence-corrected chi connectivity index (χ4v) is 2.57. The van der Waals surface area contributed by atoms with Crippen LogP contribution in [-0.4, -0.2) is 30.6 Å². The zero-order valence-electron chi connectivity index (χ0n) is 12.1. The summed E-state index contributed by atoms with van der Waals surface area (Å²) in [6.45, 7) is 8.60. The molecule has 0 spiro atoms. The lowest BCUT2D eigenvalue weighted by atomic mass is 10.3. The lowest BCUT2D eigenvalue weighted by Crippen LogP contribution is -2.25. The van der Waals surface area contributed by atoms with Crippen LogP contribution < -0.4 is 4.90 Å². The Morgan fingerprint density at radius 1 is 1.26 bits per heavy atom. The summed E-state index contributed by atoms with van der Waals surface area (Å²) in [5.41, 5.74) is 0. The van der Waals surface area contributed by atoms with Gasteiger partial charge in [0.2, 0.25) is 0 Å². The van der Waals surface area contributed by atoms with Gasteiger partial charge in [-0.2, -0.15) is 0 Å². The Morgan fingerprint density at radius 3 is 2.42 bits per heavy atom. The van der Waals surface area contributed by atoms with Gasteiger partial charge in [0.15, 0.2) is 5.13 Å². The van der Waals surface area contributed by atoms with Gasteiger partial charge in [-0.3, -0.25) is 0 Å². The minimum absolute atomic E-state index is 0.266. The number of nitrogens with zero attached hydrogens (tertiary/aromatic N) is 2. The minimum Gasteiger partial charge on any atom is -0.462 e. The fourth-order valence-electron chi connectivity index (χ4n) is 1.71. The monoisotopic (exact) mass is 284 g/mol. The van der Waals surface area contributed by atoms with E-state index in [2.05, 4.69) is 23.7 Å². The van der Waals surface area contributed by atoms with Gasteiger partial charge in [-0.15, -0.1) is 0 Å². The Labute approximate surface area is 119 Å². The molecule has 0 bridgehead atoms. The van der Waals surface area contributed by atoms with E-state index >= 15 is 0 Å². The molecule has 0 N–H and O–H groups in total. The van der Waals surface area contributed by atoms with Gasteiger partial charge in [0.1, 0.15) is 4.88 Å². The summed E-state index contributed by atoms with van der Waals surface area (Å²) in [7, 11) is 0. The van der Waals surface area contributed by atoms with Crippen molar-refractivity contribution in [2.75, 3.05) is 24.6 Å². The molecule has 5 heteroatoms. The third-order valence-corrected chi connectivity index (χ3v) is 3.84. The van der Waals surface area contributed by atoms with E-state index in [9.17, 15) is 4.79 Å². The molecule has 0 aliphatic rings. The molecule has 1 rings (SSSR count). The molecule has 1 aromatic rings. The number of carbonyl (C=O) groups is 1. The van der Waals surface area contributed by atoms with Gasteiger partial charge in [0, 0.05) is 13.1 Å². The van der Waals surface area contributed by atoms with E-state index in [4.69, 9.17) is 4.74 Å². The molecule has 108 valence electrons. The number of ether oxygens (including phenoxy) is 1. The van der Waals surface area contributed by atoms with Crippen molar-refractivity contribution >= 4 is 22.4 Å². The smallest absolute Gasteiger partial charge is 0.350 e. The maximum Gasteiger partial charge on any atom is 0.350 e. The highest BCUT2D eigenvalue weighted by atomic mass is 32.1. The topological polar surface area (TPSA) is 42.4 Å². The van der Waals surface area contributed by atoms with Crippen molar-refractivity contribution < 1.29 is 9.53 Å². The second kappa shape index (κ2) is 8.91. The van der Waals surface area contributed by atoms with Gasteiger partial charge in [-0.1, -0.05) is 38.0 Å². The van der Waals surface area contributed by atoms with Gasteiger partial charge < -0.3 is 9.64 Å². The van der Waals surface area contributed by atoms with Crippen LogP contribution in [0.4, 0.5) is 5.13 Å². The normalized spacial score (nSPS) is 10.5. The Hall–Kier alpha value is -1.10. The standard InChI is InChI=1S/C14H24N2O2S/c1-4-7-9-16(10-8-5-2)14-15-11-12(19-14)13(17)18-6-3/h11H,4-10H2,1-3H3. The van der Waals surface area contributed by atoms with E-state index in [0.717, 1.165) is 31.1 Å². The number of hydrogen-bond donors (Lipinski definition) is 0. The Bertz CT molecular complexity index is 371. The van der Waals surface area contributed by atoms with Crippen molar-refractivity contribution in [1.82, 2.24) is 4.98 Å². The van der Waals surface area contributed by atoms with Crippen molar-refractivity contribution in [2.45, 2.75) is 46.5 Å². The minimum atomic E-state index is -0.266. The molecular formula is C14H24N2O2S. The number of hydrogen-bond acceptors (Lipinski definition) is 5. The van der Waals surface area contributed by atoms with Gasteiger partial charge in [-0.05, 0) is 19.8 Å². The maximum atomic E-state index is 11.6. The molecule has 0 saturated carbocycles. The lowest BCUT2D eigenvalue weighted by Gasteiger charge is -2.21. The summed E-state index contributed by atoms with van der Waals surface area (Å²) in [6.07, 6.45) is 6.26. The fraction of sp³-hybridized carbons (Fsp3) is 0.714. The van der Waals surface area contributed by atoms with Crippen molar-refractivity contribution in [1.29, 1.82) is 0 Å². The Morgan fingerprint density at radius 2 is 1.89 bits per heavy atom. The quantitative estimate of drug-likeness (QED) is 0.648. The molecule has 0 saturated heterocycles. The number of aromatic nitrogens is 1. The molecule has 0 radical (unpaired) electrons. The number of thiazole rings is 1. The molecular weight excluding hydrogens is 260 g/mol. The maximum absolute atomic E-state index is 11.6. The van der Waals surface area contributed by atoms with Gasteiger partial charge in [-0.25, -0.2) is 9.78 Å². The molecule has 0 amide bonds. The van der Waals surface area contributed by atoms with Crippen molar-refractivity contribution in [2.24, 2.45) is 0 Å². The first-order valence-corrected chi connectivity index (χ1v) is 7.92. The average Bonchev–Trinajstić information content (AvgIpc) is 2.89. The van der Waals surface area contributed by atoms with Crippen LogP contribution in [0.1, 0.15) is 56.1 Å². The summed E-state index contributed by atoms with van der Waals surface area (Å²) < 4.78 is 5.00. The molecule has 19 heavy (non-hydrogen) atoms. The van der Waals surface area contributed by atoms with Crippen LogP contribution in [0.2, 0.25) is 0 Å². The van der Waals surface area contributed by atoms with Crippen LogP contribution in [0.5, 0.6) is 0 Å². The number of carbonyl (C=O) groups excluding carboxylic acids is 1. The molecule has 1 aromatic heterocycles. The third kappa shape index (κ3) is 5.19. The lowest BCUT2D eigenvalue weighted by molar-refractivity contribution is 0.0532. The number of rotatable bonds is 9. The van der Waals surface area contributed by atoms with Crippen LogP contribution in [0, 0.1) is 0 Å². The van der Waals surface area contributed by atoms with E-state index in [0.29, 0.717) is 11.5 Å². The van der Waals surface area contributed by atoms with E-state index in [1.807, 2.05) is 6.92 Å². The molecule has 0 aliphatic carbocycles. The van der Waals surface area contributed by atoms with Crippen molar-refractivity contribution in [3.05, 3.63) is 11.1 Å². The highest BCUT2D eigenvalue weighted by Gasteiger charge is 2.15. The van der Waals surface area contributed by atoms with Crippen molar-refractivity contribution in [3.63, 3.8) is 0 Å². The first-order valence-electron chi connectivity index (χ1n) is 7.10. The van der Waals surface area contributed by atoms with E-state index < -0.39 is 0 Å².